The minimum absolute atomic E-state index is 0.0329. The monoisotopic (exact) mass is 575 g/mol. The zero-order valence-electron chi connectivity index (χ0n) is 21.4. The molecular weight excluding hydrogens is 546 g/mol. The summed E-state index contributed by atoms with van der Waals surface area (Å²) in [6, 6.07) is 19.5. The van der Waals surface area contributed by atoms with E-state index in [0.29, 0.717) is 24.7 Å². The number of hydrogen-bond acceptors (Lipinski definition) is 8. The number of rotatable bonds is 10. The third-order valence-corrected chi connectivity index (χ3v) is 8.88. The van der Waals surface area contributed by atoms with Gasteiger partial charge in [-0.3, -0.25) is 9.10 Å². The van der Waals surface area contributed by atoms with Crippen molar-refractivity contribution in [3.8, 4) is 17.2 Å². The van der Waals surface area contributed by atoms with Crippen molar-refractivity contribution in [2.45, 2.75) is 4.90 Å². The molecule has 1 amide bonds. The van der Waals surface area contributed by atoms with Gasteiger partial charge in [-0.1, -0.05) is 18.2 Å². The standard InChI is InChI=1S/C26H29N3O8S2/c1-35-25-13-12-23(39(33,34)28-14-16-36-17-15-28)18-24(25)27-26(30)19-29(38(2,31)32)20-8-10-22(11-9-20)37-21-6-4-3-5-7-21/h3-13,18H,14-17,19H2,1-2H3,(H,27,30). The molecule has 0 saturated carbocycles. The van der Waals surface area contributed by atoms with E-state index in [1.54, 1.807) is 24.3 Å². The molecule has 1 N–H and O–H groups in total. The van der Waals surface area contributed by atoms with Crippen molar-refractivity contribution < 1.29 is 35.8 Å². The number of anilines is 2. The van der Waals surface area contributed by atoms with Crippen LogP contribution in [0.2, 0.25) is 0 Å². The Hall–Kier alpha value is -3.65. The van der Waals surface area contributed by atoms with E-state index in [9.17, 15) is 21.6 Å². The molecule has 3 aromatic carbocycles. The van der Waals surface area contributed by atoms with Gasteiger partial charge < -0.3 is 19.5 Å². The zero-order valence-corrected chi connectivity index (χ0v) is 23.1. The number of nitrogens with zero attached hydrogens (tertiary/aromatic N) is 2. The van der Waals surface area contributed by atoms with Gasteiger partial charge in [0.05, 0.1) is 42.8 Å². The first-order valence-electron chi connectivity index (χ1n) is 11.9. The average molecular weight is 576 g/mol. The van der Waals surface area contributed by atoms with Crippen LogP contribution in [0.4, 0.5) is 11.4 Å². The van der Waals surface area contributed by atoms with E-state index in [4.69, 9.17) is 14.2 Å². The van der Waals surface area contributed by atoms with Crippen molar-refractivity contribution in [3.05, 3.63) is 72.8 Å². The molecule has 0 aliphatic carbocycles. The number of ether oxygens (including phenoxy) is 3. The van der Waals surface area contributed by atoms with Crippen LogP contribution in [-0.4, -0.2) is 73.3 Å². The Morgan fingerprint density at radius 3 is 2.21 bits per heavy atom. The van der Waals surface area contributed by atoms with Crippen molar-refractivity contribution >= 4 is 37.3 Å². The molecule has 13 heteroatoms. The molecular formula is C26H29N3O8S2. The van der Waals surface area contributed by atoms with Crippen molar-refractivity contribution in [3.63, 3.8) is 0 Å². The maximum Gasteiger partial charge on any atom is 0.245 e. The average Bonchev–Trinajstić information content (AvgIpc) is 2.93. The molecule has 4 rings (SSSR count). The first kappa shape index (κ1) is 28.4. The van der Waals surface area contributed by atoms with Gasteiger partial charge in [-0.2, -0.15) is 4.31 Å². The number of hydrogen-bond donors (Lipinski definition) is 1. The number of carbonyl (C=O) groups excluding carboxylic acids is 1. The summed E-state index contributed by atoms with van der Waals surface area (Å²) < 4.78 is 69.8. The highest BCUT2D eigenvalue weighted by Gasteiger charge is 2.28. The maximum absolute atomic E-state index is 13.1. The Labute approximate surface area is 228 Å². The summed E-state index contributed by atoms with van der Waals surface area (Å²) in [5.74, 6) is 0.643. The van der Waals surface area contributed by atoms with Crippen molar-refractivity contribution in [1.29, 1.82) is 0 Å². The zero-order chi connectivity index (χ0) is 28.0. The number of amides is 1. The second kappa shape index (κ2) is 12.0. The molecule has 0 atom stereocenters. The van der Waals surface area contributed by atoms with Gasteiger partial charge in [0, 0.05) is 13.1 Å². The lowest BCUT2D eigenvalue weighted by atomic mass is 10.2. The van der Waals surface area contributed by atoms with E-state index in [1.165, 1.54) is 41.7 Å². The molecule has 208 valence electrons. The van der Waals surface area contributed by atoms with Crippen LogP contribution in [0, 0.1) is 0 Å². The fraction of sp³-hybridized carbons (Fsp3) is 0.269. The second-order valence-corrected chi connectivity index (χ2v) is 12.5. The molecule has 1 heterocycles. The summed E-state index contributed by atoms with van der Waals surface area (Å²) in [6.07, 6.45) is 0.991. The van der Waals surface area contributed by atoms with Crippen LogP contribution in [-0.2, 0) is 29.6 Å². The van der Waals surface area contributed by atoms with E-state index < -0.39 is 32.5 Å². The molecule has 1 fully saturated rings. The van der Waals surface area contributed by atoms with Crippen LogP contribution in [0.15, 0.2) is 77.7 Å². The van der Waals surface area contributed by atoms with Gasteiger partial charge in [0.25, 0.3) is 0 Å². The van der Waals surface area contributed by atoms with Gasteiger partial charge in [-0.15, -0.1) is 0 Å². The van der Waals surface area contributed by atoms with Gasteiger partial charge in [-0.05, 0) is 54.6 Å². The molecule has 1 aliphatic heterocycles. The van der Waals surface area contributed by atoms with Gasteiger partial charge in [0.2, 0.25) is 26.0 Å². The van der Waals surface area contributed by atoms with Crippen LogP contribution in [0.1, 0.15) is 0 Å². The molecule has 0 aromatic heterocycles. The Balaban J connectivity index is 1.52. The minimum Gasteiger partial charge on any atom is -0.495 e. The predicted octanol–water partition coefficient (Wildman–Crippen LogP) is 2.91. The fourth-order valence-corrected chi connectivity index (χ4v) is 6.20. The van der Waals surface area contributed by atoms with E-state index in [-0.39, 0.29) is 35.1 Å². The summed E-state index contributed by atoms with van der Waals surface area (Å²) in [7, 11) is -6.31. The largest absolute Gasteiger partial charge is 0.495 e. The number of sulfonamides is 2. The van der Waals surface area contributed by atoms with Crippen LogP contribution in [0.3, 0.4) is 0 Å². The Bertz CT molecular complexity index is 1510. The normalized spacial score (nSPS) is 14.4. The second-order valence-electron chi connectivity index (χ2n) is 8.61. The van der Waals surface area contributed by atoms with Crippen LogP contribution in [0.5, 0.6) is 17.2 Å². The predicted molar refractivity (Wildman–Crippen MR) is 146 cm³/mol. The molecule has 11 nitrogen and oxygen atoms in total. The van der Waals surface area contributed by atoms with Crippen LogP contribution >= 0.6 is 0 Å². The number of methoxy groups -OCH3 is 1. The highest BCUT2D eigenvalue weighted by molar-refractivity contribution is 7.92. The van der Waals surface area contributed by atoms with Gasteiger partial charge in [0.15, 0.2) is 0 Å². The van der Waals surface area contributed by atoms with Gasteiger partial charge in [-0.25, -0.2) is 16.8 Å². The summed E-state index contributed by atoms with van der Waals surface area (Å²) in [5, 5.41) is 2.59. The number of carbonyl (C=O) groups is 1. The first-order valence-corrected chi connectivity index (χ1v) is 15.2. The van der Waals surface area contributed by atoms with Gasteiger partial charge in [0.1, 0.15) is 23.8 Å². The highest BCUT2D eigenvalue weighted by atomic mass is 32.2. The van der Waals surface area contributed by atoms with E-state index in [2.05, 4.69) is 5.32 Å². The lowest BCUT2D eigenvalue weighted by Gasteiger charge is -2.26. The number of nitrogens with one attached hydrogen (secondary N) is 1. The first-order chi connectivity index (χ1) is 18.6. The van der Waals surface area contributed by atoms with E-state index in [1.807, 2.05) is 18.2 Å². The number of morpholine rings is 1. The third-order valence-electron chi connectivity index (χ3n) is 5.84. The molecule has 0 unspecified atom stereocenters. The Morgan fingerprint density at radius 2 is 1.59 bits per heavy atom. The smallest absolute Gasteiger partial charge is 0.245 e. The molecule has 0 radical (unpaired) electrons. The minimum atomic E-state index is -3.85. The molecule has 0 spiro atoms. The molecule has 1 aliphatic rings. The lowest BCUT2D eigenvalue weighted by molar-refractivity contribution is -0.114. The van der Waals surface area contributed by atoms with E-state index >= 15 is 0 Å². The quantitative estimate of drug-likeness (QED) is 0.391. The van der Waals surface area contributed by atoms with Crippen molar-refractivity contribution in [2.24, 2.45) is 0 Å². The summed E-state index contributed by atoms with van der Waals surface area (Å²) in [6.45, 7) is 0.462. The lowest BCUT2D eigenvalue weighted by Crippen LogP contribution is -2.40. The van der Waals surface area contributed by atoms with E-state index in [0.717, 1.165) is 10.6 Å². The van der Waals surface area contributed by atoms with Crippen LogP contribution < -0.4 is 19.1 Å². The molecule has 3 aromatic rings. The van der Waals surface area contributed by atoms with Crippen molar-refractivity contribution in [1.82, 2.24) is 4.31 Å². The number of para-hydroxylation sites is 1. The number of benzene rings is 3. The molecule has 1 saturated heterocycles. The highest BCUT2D eigenvalue weighted by Crippen LogP contribution is 2.30. The Morgan fingerprint density at radius 1 is 0.949 bits per heavy atom. The third kappa shape index (κ3) is 7.06. The summed E-state index contributed by atoms with van der Waals surface area (Å²) >= 11 is 0. The van der Waals surface area contributed by atoms with Crippen LogP contribution in [0.25, 0.3) is 0 Å². The maximum atomic E-state index is 13.1. The molecule has 39 heavy (non-hydrogen) atoms. The molecule has 0 bridgehead atoms. The van der Waals surface area contributed by atoms with Crippen molar-refractivity contribution in [2.75, 3.05) is 55.8 Å². The van der Waals surface area contributed by atoms with Gasteiger partial charge >= 0.3 is 0 Å². The SMILES string of the molecule is COc1ccc(S(=O)(=O)N2CCOCC2)cc1NC(=O)CN(c1ccc(Oc2ccccc2)cc1)S(C)(=O)=O. The Kier molecular flexibility index (Phi) is 8.75. The topological polar surface area (TPSA) is 132 Å². The summed E-state index contributed by atoms with van der Waals surface area (Å²) in [5.41, 5.74) is 0.348. The fourth-order valence-electron chi connectivity index (χ4n) is 3.91. The summed E-state index contributed by atoms with van der Waals surface area (Å²) in [4.78, 5) is 13.0.